The zero-order chi connectivity index (χ0) is 14.0. The maximum atomic E-state index is 5.92. The number of anilines is 1. The summed E-state index contributed by atoms with van der Waals surface area (Å²) >= 11 is 0. The molecule has 0 unspecified atom stereocenters. The van der Waals surface area contributed by atoms with Gasteiger partial charge in [0, 0.05) is 24.8 Å². The van der Waals surface area contributed by atoms with Crippen molar-refractivity contribution in [3.8, 4) is 0 Å². The Morgan fingerprint density at radius 3 is 2.65 bits per heavy atom. The van der Waals surface area contributed by atoms with Crippen molar-refractivity contribution in [2.24, 2.45) is 10.7 Å². The quantitative estimate of drug-likeness (QED) is 0.424. The first-order valence-corrected chi connectivity index (χ1v) is 7.70. The summed E-state index contributed by atoms with van der Waals surface area (Å²) in [6, 6.07) is 10.8. The maximum Gasteiger partial charge on any atom is 0.188 e. The van der Waals surface area contributed by atoms with Crippen molar-refractivity contribution in [3.05, 3.63) is 30.3 Å². The molecule has 0 saturated heterocycles. The fourth-order valence-corrected chi connectivity index (χ4v) is 2.57. The number of para-hydroxylation sites is 1. The third-order valence-corrected chi connectivity index (χ3v) is 3.68. The molecular weight excluding hydrogens is 248 g/mol. The number of nitrogens with two attached hydrogens (primary N) is 1. The van der Waals surface area contributed by atoms with Crippen molar-refractivity contribution in [1.29, 1.82) is 0 Å². The van der Waals surface area contributed by atoms with Crippen LogP contribution in [0, 0.1) is 0 Å². The predicted molar refractivity (Wildman–Crippen MR) is 86.0 cm³/mol. The van der Waals surface area contributed by atoms with E-state index in [0.717, 1.165) is 25.2 Å². The normalized spacial score (nSPS) is 16.9. The van der Waals surface area contributed by atoms with Crippen molar-refractivity contribution in [2.75, 3.05) is 18.4 Å². The van der Waals surface area contributed by atoms with Gasteiger partial charge in [0.1, 0.15) is 0 Å². The van der Waals surface area contributed by atoms with Gasteiger partial charge in [-0.25, -0.2) is 0 Å². The van der Waals surface area contributed by atoms with E-state index >= 15 is 0 Å². The second kappa shape index (κ2) is 8.46. The first-order chi connectivity index (χ1) is 9.84. The lowest BCUT2D eigenvalue weighted by Crippen LogP contribution is -2.41. The van der Waals surface area contributed by atoms with Gasteiger partial charge in [-0.05, 0) is 31.4 Å². The molecule has 2 rings (SSSR count). The van der Waals surface area contributed by atoms with E-state index in [9.17, 15) is 0 Å². The van der Waals surface area contributed by atoms with E-state index in [1.807, 2.05) is 18.2 Å². The fraction of sp³-hybridized carbons (Fsp3) is 0.562. The van der Waals surface area contributed by atoms with E-state index in [1.165, 1.54) is 32.1 Å². The monoisotopic (exact) mass is 274 g/mol. The molecule has 4 heteroatoms. The highest BCUT2D eigenvalue weighted by Crippen LogP contribution is 2.16. The Kier molecular flexibility index (Phi) is 6.21. The Hall–Kier alpha value is -1.71. The van der Waals surface area contributed by atoms with Crippen molar-refractivity contribution in [2.45, 2.75) is 44.6 Å². The van der Waals surface area contributed by atoms with Crippen LogP contribution in [0.25, 0.3) is 0 Å². The molecule has 0 amide bonds. The van der Waals surface area contributed by atoms with Crippen LogP contribution >= 0.6 is 0 Å². The molecule has 110 valence electrons. The van der Waals surface area contributed by atoms with E-state index in [1.54, 1.807) is 0 Å². The van der Waals surface area contributed by atoms with Gasteiger partial charge >= 0.3 is 0 Å². The van der Waals surface area contributed by atoms with Gasteiger partial charge in [0.25, 0.3) is 0 Å². The van der Waals surface area contributed by atoms with Gasteiger partial charge in [0.05, 0.1) is 0 Å². The molecule has 0 radical (unpaired) electrons. The molecule has 0 spiro atoms. The first-order valence-electron chi connectivity index (χ1n) is 7.70. The topological polar surface area (TPSA) is 62.4 Å². The van der Waals surface area contributed by atoms with Gasteiger partial charge in [-0.2, -0.15) is 0 Å². The van der Waals surface area contributed by atoms with Crippen LogP contribution in [0.15, 0.2) is 35.3 Å². The van der Waals surface area contributed by atoms with Crippen LogP contribution in [0.1, 0.15) is 38.5 Å². The molecule has 0 bridgehead atoms. The average molecular weight is 274 g/mol. The van der Waals surface area contributed by atoms with Gasteiger partial charge in [0.2, 0.25) is 0 Å². The lowest BCUT2D eigenvalue weighted by atomic mass is 9.96. The molecule has 1 aliphatic carbocycles. The third-order valence-electron chi connectivity index (χ3n) is 3.68. The Labute approximate surface area is 121 Å². The molecule has 4 N–H and O–H groups in total. The van der Waals surface area contributed by atoms with Crippen LogP contribution in [0.2, 0.25) is 0 Å². The Balaban J connectivity index is 1.58. The maximum absolute atomic E-state index is 5.92. The van der Waals surface area contributed by atoms with Gasteiger partial charge < -0.3 is 16.4 Å². The zero-order valence-corrected chi connectivity index (χ0v) is 12.1. The molecule has 0 aliphatic heterocycles. The van der Waals surface area contributed by atoms with Gasteiger partial charge in [-0.3, -0.25) is 4.99 Å². The Bertz CT molecular complexity index is 396. The summed E-state index contributed by atoms with van der Waals surface area (Å²) in [7, 11) is 0. The minimum atomic E-state index is 0.537. The summed E-state index contributed by atoms with van der Waals surface area (Å²) in [5, 5.41) is 6.70. The number of nitrogens with zero attached hydrogens (tertiary/aromatic N) is 1. The molecule has 1 fully saturated rings. The second-order valence-electron chi connectivity index (χ2n) is 5.39. The standard InChI is InChI=1S/C16H26N4/c17-16(20-15-10-5-2-6-11-15)19-13-7-12-18-14-8-3-1-4-9-14/h1,3-4,8-9,15,18H,2,5-7,10-13H2,(H3,17,19,20). The van der Waals surface area contributed by atoms with Crippen molar-refractivity contribution >= 4 is 11.6 Å². The Morgan fingerprint density at radius 1 is 1.15 bits per heavy atom. The van der Waals surface area contributed by atoms with Gasteiger partial charge in [0.15, 0.2) is 5.96 Å². The lowest BCUT2D eigenvalue weighted by molar-refractivity contribution is 0.412. The average Bonchev–Trinajstić information content (AvgIpc) is 2.49. The van der Waals surface area contributed by atoms with Crippen LogP contribution in [0.5, 0.6) is 0 Å². The number of hydrogen-bond acceptors (Lipinski definition) is 2. The van der Waals surface area contributed by atoms with E-state index in [0.29, 0.717) is 12.0 Å². The SMILES string of the molecule is NC(=NCCCNc1ccccc1)NC1CCCCC1. The van der Waals surface area contributed by atoms with Crippen LogP contribution in [-0.4, -0.2) is 25.1 Å². The molecule has 4 nitrogen and oxygen atoms in total. The summed E-state index contributed by atoms with van der Waals surface area (Å²) in [5.41, 5.74) is 7.07. The number of hydrogen-bond donors (Lipinski definition) is 3. The largest absolute Gasteiger partial charge is 0.385 e. The number of rotatable bonds is 6. The molecule has 0 aromatic heterocycles. The first kappa shape index (κ1) is 14.7. The molecule has 0 heterocycles. The van der Waals surface area contributed by atoms with E-state index in [-0.39, 0.29) is 0 Å². The van der Waals surface area contributed by atoms with Crippen LogP contribution < -0.4 is 16.4 Å². The van der Waals surface area contributed by atoms with Crippen molar-refractivity contribution in [1.82, 2.24) is 5.32 Å². The highest BCUT2D eigenvalue weighted by atomic mass is 15.1. The van der Waals surface area contributed by atoms with Crippen LogP contribution in [0.4, 0.5) is 5.69 Å². The fourth-order valence-electron chi connectivity index (χ4n) is 2.57. The third kappa shape index (κ3) is 5.51. The summed E-state index contributed by atoms with van der Waals surface area (Å²) in [5.74, 6) is 0.608. The smallest absolute Gasteiger partial charge is 0.188 e. The minimum absolute atomic E-state index is 0.537. The van der Waals surface area contributed by atoms with Crippen molar-refractivity contribution < 1.29 is 0 Å². The van der Waals surface area contributed by atoms with E-state index < -0.39 is 0 Å². The highest BCUT2D eigenvalue weighted by Gasteiger charge is 2.12. The Morgan fingerprint density at radius 2 is 1.90 bits per heavy atom. The van der Waals surface area contributed by atoms with Gasteiger partial charge in [-0.1, -0.05) is 37.5 Å². The van der Waals surface area contributed by atoms with Crippen LogP contribution in [0.3, 0.4) is 0 Å². The zero-order valence-electron chi connectivity index (χ0n) is 12.1. The van der Waals surface area contributed by atoms with Crippen molar-refractivity contribution in [3.63, 3.8) is 0 Å². The lowest BCUT2D eigenvalue weighted by Gasteiger charge is -2.23. The number of guanidine groups is 1. The number of aliphatic imine (C=N–C) groups is 1. The molecule has 20 heavy (non-hydrogen) atoms. The van der Waals surface area contributed by atoms with E-state index in [2.05, 4.69) is 27.8 Å². The molecule has 0 atom stereocenters. The van der Waals surface area contributed by atoms with Crippen LogP contribution in [-0.2, 0) is 0 Å². The molecular formula is C16H26N4. The molecule has 1 aromatic rings. The molecule has 1 aromatic carbocycles. The highest BCUT2D eigenvalue weighted by molar-refractivity contribution is 5.78. The summed E-state index contributed by atoms with van der Waals surface area (Å²) < 4.78 is 0. The molecule has 1 saturated carbocycles. The summed E-state index contributed by atoms with van der Waals surface area (Å²) in [6.07, 6.45) is 7.43. The second-order valence-corrected chi connectivity index (χ2v) is 5.39. The molecule has 1 aliphatic rings. The number of nitrogens with one attached hydrogen (secondary N) is 2. The summed E-state index contributed by atoms with van der Waals surface area (Å²) in [6.45, 7) is 1.69. The predicted octanol–water partition coefficient (Wildman–Crippen LogP) is 2.73. The number of benzene rings is 1. The minimum Gasteiger partial charge on any atom is -0.385 e. The van der Waals surface area contributed by atoms with Gasteiger partial charge in [-0.15, -0.1) is 0 Å². The summed E-state index contributed by atoms with van der Waals surface area (Å²) in [4.78, 5) is 4.39. The van der Waals surface area contributed by atoms with E-state index in [4.69, 9.17) is 5.73 Å².